The van der Waals surface area contributed by atoms with Crippen LogP contribution in [0.5, 0.6) is 0 Å². The van der Waals surface area contributed by atoms with Crippen molar-refractivity contribution in [2.24, 2.45) is 17.3 Å². The molecule has 1 aromatic rings. The van der Waals surface area contributed by atoms with Gasteiger partial charge in [-0.05, 0) is 67.2 Å². The van der Waals surface area contributed by atoms with E-state index in [-0.39, 0.29) is 18.6 Å². The molecule has 0 unspecified atom stereocenters. The first kappa shape index (κ1) is 13.8. The molecule has 0 aliphatic heterocycles. The van der Waals surface area contributed by atoms with E-state index in [0.717, 1.165) is 16.5 Å². The van der Waals surface area contributed by atoms with Crippen LogP contribution < -0.4 is 0 Å². The Morgan fingerprint density at radius 2 is 1.95 bits per heavy atom. The summed E-state index contributed by atoms with van der Waals surface area (Å²) in [7, 11) is 0. The molecule has 106 valence electrons. The summed E-state index contributed by atoms with van der Waals surface area (Å²) in [5.74, 6) is 1.85. The topological polar surface area (TPSA) is 58.3 Å². The quantitative estimate of drug-likeness (QED) is 0.792. The molecule has 3 rings (SSSR count). The molecular weight excluding hydrogens is 355 g/mol. The van der Waals surface area contributed by atoms with Crippen molar-refractivity contribution in [3.05, 3.63) is 15.5 Å². The lowest BCUT2D eigenvalue weighted by Gasteiger charge is -2.27. The number of hydrogen-bond acceptors (Lipinski definition) is 3. The van der Waals surface area contributed by atoms with E-state index in [1.807, 2.05) is 0 Å². The van der Waals surface area contributed by atoms with Crippen LogP contribution >= 0.6 is 22.6 Å². The summed E-state index contributed by atoms with van der Waals surface area (Å²) in [4.78, 5) is 0. The molecule has 0 radical (unpaired) electrons. The van der Waals surface area contributed by atoms with Gasteiger partial charge in [-0.25, -0.2) is 0 Å². The molecule has 3 atom stereocenters. The van der Waals surface area contributed by atoms with Gasteiger partial charge in [-0.3, -0.25) is 4.68 Å². The Morgan fingerprint density at radius 1 is 1.37 bits per heavy atom. The molecule has 0 aromatic carbocycles. The van der Waals surface area contributed by atoms with Gasteiger partial charge in [0, 0.05) is 23.1 Å². The van der Waals surface area contributed by atoms with Crippen LogP contribution in [0.4, 0.5) is 0 Å². The van der Waals surface area contributed by atoms with Gasteiger partial charge in [0.25, 0.3) is 0 Å². The van der Waals surface area contributed by atoms with Crippen molar-refractivity contribution in [2.45, 2.75) is 38.6 Å². The Hall–Kier alpha value is -0.140. The highest BCUT2D eigenvalue weighted by Gasteiger charge is 2.62. The summed E-state index contributed by atoms with van der Waals surface area (Å²) in [5, 5.41) is 23.5. The first-order valence-corrected chi connectivity index (χ1v) is 8.06. The largest absolute Gasteiger partial charge is 0.396 e. The fraction of sp³-hybridized carbons (Fsp3) is 0.786. The highest BCUT2D eigenvalue weighted by molar-refractivity contribution is 14.1. The van der Waals surface area contributed by atoms with E-state index >= 15 is 0 Å². The van der Waals surface area contributed by atoms with Crippen LogP contribution in [0.3, 0.4) is 0 Å². The molecule has 4 nitrogen and oxygen atoms in total. The Kier molecular flexibility index (Phi) is 3.42. The molecule has 2 saturated carbocycles. The van der Waals surface area contributed by atoms with Gasteiger partial charge in [-0.1, -0.05) is 0 Å². The predicted molar refractivity (Wildman–Crippen MR) is 80.9 cm³/mol. The SMILES string of the molecule is CC(C)n1nc(I)cc1[C@H]1[C@@H]2CC(CO)(CO)C[C@@H]21. The summed E-state index contributed by atoms with van der Waals surface area (Å²) in [5.41, 5.74) is 1.13. The number of hydrogen-bond donors (Lipinski definition) is 2. The molecule has 2 aliphatic rings. The van der Waals surface area contributed by atoms with Crippen LogP contribution in [-0.2, 0) is 0 Å². The van der Waals surface area contributed by atoms with Crippen LogP contribution in [0.25, 0.3) is 0 Å². The van der Waals surface area contributed by atoms with Crippen molar-refractivity contribution in [2.75, 3.05) is 13.2 Å². The van der Waals surface area contributed by atoms with E-state index in [1.165, 1.54) is 5.69 Å². The fourth-order valence-corrected chi connectivity index (χ4v) is 4.42. The van der Waals surface area contributed by atoms with Gasteiger partial charge < -0.3 is 10.2 Å². The van der Waals surface area contributed by atoms with Crippen molar-refractivity contribution in [1.29, 1.82) is 0 Å². The Morgan fingerprint density at radius 3 is 2.42 bits per heavy atom. The van der Waals surface area contributed by atoms with E-state index in [0.29, 0.717) is 23.8 Å². The second kappa shape index (κ2) is 4.70. The number of aliphatic hydroxyl groups is 2. The van der Waals surface area contributed by atoms with Crippen molar-refractivity contribution in [3.63, 3.8) is 0 Å². The molecule has 0 bridgehead atoms. The zero-order valence-corrected chi connectivity index (χ0v) is 13.5. The van der Waals surface area contributed by atoms with Crippen LogP contribution in [0.2, 0.25) is 0 Å². The summed E-state index contributed by atoms with van der Waals surface area (Å²) >= 11 is 2.27. The van der Waals surface area contributed by atoms with Gasteiger partial charge in [-0.2, -0.15) is 5.10 Å². The maximum Gasteiger partial charge on any atom is 0.123 e. The van der Waals surface area contributed by atoms with Gasteiger partial charge in [0.15, 0.2) is 0 Å². The van der Waals surface area contributed by atoms with Crippen molar-refractivity contribution >= 4 is 22.6 Å². The normalized spacial score (nSPS) is 31.8. The molecule has 5 heteroatoms. The third kappa shape index (κ3) is 2.14. The van der Waals surface area contributed by atoms with E-state index in [2.05, 4.69) is 52.3 Å². The minimum absolute atomic E-state index is 0.115. The Balaban J connectivity index is 1.79. The Labute approximate surface area is 127 Å². The van der Waals surface area contributed by atoms with E-state index in [9.17, 15) is 10.2 Å². The lowest BCUT2D eigenvalue weighted by atomic mass is 9.82. The van der Waals surface area contributed by atoms with Crippen LogP contribution in [0.1, 0.15) is 44.3 Å². The average Bonchev–Trinajstić information content (AvgIpc) is 2.78. The van der Waals surface area contributed by atoms with Crippen molar-refractivity contribution in [1.82, 2.24) is 9.78 Å². The zero-order chi connectivity index (χ0) is 13.8. The monoisotopic (exact) mass is 376 g/mol. The zero-order valence-electron chi connectivity index (χ0n) is 11.4. The highest BCUT2D eigenvalue weighted by Crippen LogP contribution is 2.68. The van der Waals surface area contributed by atoms with Gasteiger partial charge >= 0.3 is 0 Å². The number of aromatic nitrogens is 2. The average molecular weight is 376 g/mol. The lowest BCUT2D eigenvalue weighted by Crippen LogP contribution is -2.28. The molecular formula is C14H21IN2O2. The smallest absolute Gasteiger partial charge is 0.123 e. The van der Waals surface area contributed by atoms with Gasteiger partial charge in [-0.15, -0.1) is 0 Å². The number of rotatable bonds is 4. The number of aliphatic hydroxyl groups excluding tert-OH is 2. The van der Waals surface area contributed by atoms with Crippen LogP contribution in [0.15, 0.2) is 6.07 Å². The summed E-state index contributed by atoms with van der Waals surface area (Å²) in [6.45, 7) is 4.56. The van der Waals surface area contributed by atoms with E-state index in [4.69, 9.17) is 0 Å². The molecule has 0 amide bonds. The van der Waals surface area contributed by atoms with Gasteiger partial charge in [0.05, 0.1) is 13.2 Å². The molecule has 1 aromatic heterocycles. The standard InChI is InChI=1S/C14H21IN2O2/c1-8(2)17-11(3-12(15)16-17)13-9-4-14(6-18,7-19)5-10(9)13/h3,8-10,13,18-19H,4-7H2,1-2H3/t9-,10+,13+. The van der Waals surface area contributed by atoms with Crippen molar-refractivity contribution < 1.29 is 10.2 Å². The van der Waals surface area contributed by atoms with E-state index < -0.39 is 0 Å². The minimum atomic E-state index is -0.221. The summed E-state index contributed by atoms with van der Waals surface area (Å²) < 4.78 is 3.20. The van der Waals surface area contributed by atoms with E-state index in [1.54, 1.807) is 0 Å². The highest BCUT2D eigenvalue weighted by atomic mass is 127. The first-order valence-electron chi connectivity index (χ1n) is 6.98. The third-order valence-corrected chi connectivity index (χ3v) is 5.43. The predicted octanol–water partition coefficient (Wildman–Crippen LogP) is 2.16. The van der Waals surface area contributed by atoms with Gasteiger partial charge in [0.1, 0.15) is 3.70 Å². The summed E-state index contributed by atoms with van der Waals surface area (Å²) in [6, 6.07) is 2.59. The fourth-order valence-electron chi connectivity index (χ4n) is 3.87. The number of nitrogens with zero attached hydrogens (tertiary/aromatic N) is 2. The first-order chi connectivity index (χ1) is 9.01. The molecule has 2 aliphatic carbocycles. The summed E-state index contributed by atoms with van der Waals surface area (Å²) in [6.07, 6.45) is 1.91. The molecule has 1 heterocycles. The lowest BCUT2D eigenvalue weighted by molar-refractivity contribution is 0.0481. The maximum absolute atomic E-state index is 9.48. The minimum Gasteiger partial charge on any atom is -0.396 e. The molecule has 2 fully saturated rings. The van der Waals surface area contributed by atoms with Crippen LogP contribution in [-0.4, -0.2) is 33.2 Å². The molecule has 19 heavy (non-hydrogen) atoms. The van der Waals surface area contributed by atoms with Crippen molar-refractivity contribution in [3.8, 4) is 0 Å². The molecule has 2 N–H and O–H groups in total. The second-order valence-electron chi connectivity index (χ2n) is 6.51. The molecule has 0 spiro atoms. The maximum atomic E-state index is 9.48. The Bertz CT molecular complexity index is 468. The number of fused-ring (bicyclic) bond motifs is 1. The third-order valence-electron chi connectivity index (χ3n) is 4.91. The van der Waals surface area contributed by atoms with Crippen LogP contribution in [0, 0.1) is 21.0 Å². The second-order valence-corrected chi connectivity index (χ2v) is 7.61. The van der Waals surface area contributed by atoms with Gasteiger partial charge in [0.2, 0.25) is 0 Å². The number of halogens is 1. The molecule has 0 saturated heterocycles.